The summed E-state index contributed by atoms with van der Waals surface area (Å²) >= 11 is 1.94. The highest BCUT2D eigenvalue weighted by atomic mass is 32.1. The van der Waals surface area contributed by atoms with E-state index in [2.05, 4.69) is 57.0 Å². The standard InChI is InChI=1S/C17H28N2S/c1-13-6-8-19(9-7-13)12-15-10-16(20-14(15)2)11-18-17(3,4)5/h6,10,18H,7-9,11-12H2,1-5H3. The molecule has 0 radical (unpaired) electrons. The molecule has 2 heterocycles. The van der Waals surface area contributed by atoms with Gasteiger partial charge in [-0.1, -0.05) is 11.6 Å². The summed E-state index contributed by atoms with van der Waals surface area (Å²) in [6, 6.07) is 2.39. The smallest absolute Gasteiger partial charge is 0.0304 e. The molecule has 20 heavy (non-hydrogen) atoms. The predicted octanol–water partition coefficient (Wildman–Crippen LogP) is 4.10. The Morgan fingerprint density at radius 3 is 2.65 bits per heavy atom. The van der Waals surface area contributed by atoms with Crippen LogP contribution >= 0.6 is 11.3 Å². The fourth-order valence-corrected chi connectivity index (χ4v) is 3.37. The lowest BCUT2D eigenvalue weighted by molar-refractivity contribution is 0.286. The molecular weight excluding hydrogens is 264 g/mol. The van der Waals surface area contributed by atoms with Crippen LogP contribution in [0.15, 0.2) is 17.7 Å². The van der Waals surface area contributed by atoms with Crippen molar-refractivity contribution in [2.45, 2.75) is 59.7 Å². The minimum absolute atomic E-state index is 0.188. The molecule has 1 aliphatic rings. The second-order valence-electron chi connectivity index (χ2n) is 6.93. The van der Waals surface area contributed by atoms with E-state index in [1.165, 1.54) is 28.3 Å². The highest BCUT2D eigenvalue weighted by molar-refractivity contribution is 7.12. The predicted molar refractivity (Wildman–Crippen MR) is 89.3 cm³/mol. The monoisotopic (exact) mass is 292 g/mol. The molecule has 0 amide bonds. The van der Waals surface area contributed by atoms with Crippen molar-refractivity contribution in [3.63, 3.8) is 0 Å². The van der Waals surface area contributed by atoms with E-state index in [9.17, 15) is 0 Å². The van der Waals surface area contributed by atoms with Gasteiger partial charge >= 0.3 is 0 Å². The van der Waals surface area contributed by atoms with Gasteiger partial charge in [-0.05, 0) is 52.7 Å². The first-order chi connectivity index (χ1) is 9.33. The Kier molecular flexibility index (Phi) is 5.05. The maximum Gasteiger partial charge on any atom is 0.0304 e. The minimum atomic E-state index is 0.188. The average Bonchev–Trinajstić information content (AvgIpc) is 2.70. The van der Waals surface area contributed by atoms with Crippen LogP contribution < -0.4 is 5.32 Å². The van der Waals surface area contributed by atoms with Gasteiger partial charge in [0.1, 0.15) is 0 Å². The summed E-state index contributed by atoms with van der Waals surface area (Å²) in [6.45, 7) is 15.5. The topological polar surface area (TPSA) is 15.3 Å². The SMILES string of the molecule is CC1=CCN(Cc2cc(CNC(C)(C)C)sc2C)CC1. The third kappa shape index (κ3) is 4.72. The van der Waals surface area contributed by atoms with Crippen molar-refractivity contribution in [3.05, 3.63) is 33.0 Å². The lowest BCUT2D eigenvalue weighted by Gasteiger charge is -2.25. The Bertz CT molecular complexity index is 480. The van der Waals surface area contributed by atoms with Crippen LogP contribution in [0, 0.1) is 6.92 Å². The van der Waals surface area contributed by atoms with Gasteiger partial charge in [0.15, 0.2) is 0 Å². The summed E-state index contributed by atoms with van der Waals surface area (Å²) < 4.78 is 0. The van der Waals surface area contributed by atoms with Crippen molar-refractivity contribution in [1.29, 1.82) is 0 Å². The third-order valence-corrected chi connectivity index (χ3v) is 4.87. The number of hydrogen-bond acceptors (Lipinski definition) is 3. The molecule has 1 aromatic heterocycles. The summed E-state index contributed by atoms with van der Waals surface area (Å²) in [4.78, 5) is 5.47. The molecule has 112 valence electrons. The number of thiophene rings is 1. The first-order valence-electron chi connectivity index (χ1n) is 7.55. The third-order valence-electron chi connectivity index (χ3n) is 3.78. The van der Waals surface area contributed by atoms with Crippen LogP contribution in [0.1, 0.15) is 49.4 Å². The molecule has 3 heteroatoms. The number of aryl methyl sites for hydroxylation is 1. The summed E-state index contributed by atoms with van der Waals surface area (Å²) in [5.74, 6) is 0. The molecule has 0 aromatic carbocycles. The van der Waals surface area contributed by atoms with Crippen molar-refractivity contribution in [2.75, 3.05) is 13.1 Å². The molecule has 0 saturated heterocycles. The molecule has 1 N–H and O–H groups in total. The summed E-state index contributed by atoms with van der Waals surface area (Å²) in [7, 11) is 0. The van der Waals surface area contributed by atoms with Crippen LogP contribution in [-0.2, 0) is 13.1 Å². The Morgan fingerprint density at radius 2 is 2.05 bits per heavy atom. The van der Waals surface area contributed by atoms with E-state index in [-0.39, 0.29) is 5.54 Å². The first-order valence-corrected chi connectivity index (χ1v) is 8.36. The first kappa shape index (κ1) is 15.7. The van der Waals surface area contributed by atoms with Crippen molar-refractivity contribution >= 4 is 11.3 Å². The second kappa shape index (κ2) is 6.42. The van der Waals surface area contributed by atoms with Gasteiger partial charge in [0, 0.05) is 41.5 Å². The maximum atomic E-state index is 3.58. The van der Waals surface area contributed by atoms with E-state index in [4.69, 9.17) is 0 Å². The molecular formula is C17H28N2S. The summed E-state index contributed by atoms with van der Waals surface area (Å²) in [5, 5.41) is 3.58. The molecule has 2 rings (SSSR count). The van der Waals surface area contributed by atoms with Crippen molar-refractivity contribution < 1.29 is 0 Å². The molecule has 0 aliphatic carbocycles. The van der Waals surface area contributed by atoms with Gasteiger partial charge < -0.3 is 5.32 Å². The van der Waals surface area contributed by atoms with Gasteiger partial charge in [0.05, 0.1) is 0 Å². The van der Waals surface area contributed by atoms with E-state index >= 15 is 0 Å². The van der Waals surface area contributed by atoms with Gasteiger partial charge in [-0.25, -0.2) is 0 Å². The van der Waals surface area contributed by atoms with Crippen molar-refractivity contribution in [2.24, 2.45) is 0 Å². The van der Waals surface area contributed by atoms with Crippen molar-refractivity contribution in [1.82, 2.24) is 10.2 Å². The van der Waals surface area contributed by atoms with Crippen LogP contribution in [0.2, 0.25) is 0 Å². The molecule has 0 saturated carbocycles. The lowest BCUT2D eigenvalue weighted by atomic mass is 10.1. The summed E-state index contributed by atoms with van der Waals surface area (Å²) in [6.07, 6.45) is 3.59. The lowest BCUT2D eigenvalue weighted by Crippen LogP contribution is -2.34. The Balaban J connectivity index is 1.94. The molecule has 0 fully saturated rings. The normalized spacial score (nSPS) is 17.4. The van der Waals surface area contributed by atoms with Crippen molar-refractivity contribution in [3.8, 4) is 0 Å². The maximum absolute atomic E-state index is 3.58. The minimum Gasteiger partial charge on any atom is -0.307 e. The largest absolute Gasteiger partial charge is 0.307 e. The van der Waals surface area contributed by atoms with E-state index in [1.54, 1.807) is 5.57 Å². The second-order valence-corrected chi connectivity index (χ2v) is 8.27. The van der Waals surface area contributed by atoms with E-state index in [0.29, 0.717) is 0 Å². The number of nitrogens with one attached hydrogen (secondary N) is 1. The number of rotatable bonds is 4. The molecule has 0 unspecified atom stereocenters. The van der Waals surface area contributed by atoms with Crippen LogP contribution in [0.25, 0.3) is 0 Å². The van der Waals surface area contributed by atoms with E-state index < -0.39 is 0 Å². The Labute approximate surface area is 127 Å². The quantitative estimate of drug-likeness (QED) is 0.841. The zero-order chi connectivity index (χ0) is 14.8. The van der Waals surface area contributed by atoms with Crippen LogP contribution in [0.5, 0.6) is 0 Å². The Morgan fingerprint density at radius 1 is 1.30 bits per heavy atom. The van der Waals surface area contributed by atoms with E-state index in [0.717, 1.165) is 19.6 Å². The zero-order valence-electron chi connectivity index (χ0n) is 13.5. The molecule has 0 bridgehead atoms. The zero-order valence-corrected chi connectivity index (χ0v) is 14.4. The Hall–Kier alpha value is -0.640. The van der Waals surface area contributed by atoms with Gasteiger partial charge in [-0.2, -0.15) is 0 Å². The van der Waals surface area contributed by atoms with E-state index in [1.807, 2.05) is 11.3 Å². The molecule has 0 spiro atoms. The number of hydrogen-bond donors (Lipinski definition) is 1. The van der Waals surface area contributed by atoms with Gasteiger partial charge in [-0.15, -0.1) is 11.3 Å². The highest BCUT2D eigenvalue weighted by Crippen LogP contribution is 2.24. The van der Waals surface area contributed by atoms with Gasteiger partial charge in [0.25, 0.3) is 0 Å². The molecule has 1 aromatic rings. The average molecular weight is 292 g/mol. The van der Waals surface area contributed by atoms with Gasteiger partial charge in [0.2, 0.25) is 0 Å². The number of nitrogens with zero attached hydrogens (tertiary/aromatic N) is 1. The van der Waals surface area contributed by atoms with Crippen LogP contribution in [0.3, 0.4) is 0 Å². The van der Waals surface area contributed by atoms with Crippen LogP contribution in [-0.4, -0.2) is 23.5 Å². The molecule has 0 atom stereocenters. The fraction of sp³-hybridized carbons (Fsp3) is 0.647. The van der Waals surface area contributed by atoms with Gasteiger partial charge in [-0.3, -0.25) is 4.90 Å². The fourth-order valence-electron chi connectivity index (χ4n) is 2.38. The summed E-state index contributed by atoms with van der Waals surface area (Å²) in [5.41, 5.74) is 3.24. The molecule has 2 nitrogen and oxygen atoms in total. The molecule has 1 aliphatic heterocycles. The van der Waals surface area contributed by atoms with Crippen LogP contribution in [0.4, 0.5) is 0 Å². The highest BCUT2D eigenvalue weighted by Gasteiger charge is 2.14.